The maximum Gasteiger partial charge on any atom is 0.262 e. The van der Waals surface area contributed by atoms with Crippen molar-refractivity contribution in [2.75, 3.05) is 11.9 Å². The van der Waals surface area contributed by atoms with Crippen molar-refractivity contribution >= 4 is 56.5 Å². The van der Waals surface area contributed by atoms with E-state index in [0.29, 0.717) is 21.3 Å². The van der Waals surface area contributed by atoms with Gasteiger partial charge in [0, 0.05) is 22.2 Å². The highest BCUT2D eigenvalue weighted by atomic mass is 35.5. The molecule has 3 aromatic carbocycles. The monoisotopic (exact) mass is 410 g/mol. The lowest BCUT2D eigenvalue weighted by Crippen LogP contribution is -2.20. The van der Waals surface area contributed by atoms with Gasteiger partial charge in [-0.2, -0.15) is 0 Å². The highest BCUT2D eigenvalue weighted by Crippen LogP contribution is 2.37. The number of nitrogens with one attached hydrogen (secondary N) is 1. The molecule has 0 unspecified atom stereocenters. The van der Waals surface area contributed by atoms with E-state index in [1.165, 1.54) is 0 Å². The number of ether oxygens (including phenoxy) is 1. The minimum absolute atomic E-state index is 0.199. The van der Waals surface area contributed by atoms with Crippen molar-refractivity contribution in [1.82, 2.24) is 4.98 Å². The van der Waals surface area contributed by atoms with Gasteiger partial charge in [-0.05, 0) is 36.6 Å². The Kier molecular flexibility index (Phi) is 5.07. The molecule has 1 N–H and O–H groups in total. The Morgan fingerprint density at radius 2 is 1.79 bits per heavy atom. The molecule has 1 aromatic heterocycles. The molecule has 0 saturated carbocycles. The van der Waals surface area contributed by atoms with Crippen LogP contribution in [0.25, 0.3) is 21.7 Å². The lowest BCUT2D eigenvalue weighted by molar-refractivity contribution is -0.118. The van der Waals surface area contributed by atoms with Crippen LogP contribution < -0.4 is 10.1 Å². The van der Waals surface area contributed by atoms with Gasteiger partial charge in [-0.25, -0.2) is 4.98 Å². The number of halogens is 2. The normalized spacial score (nSPS) is 11.0. The molecular weight excluding hydrogens is 395 g/mol. The quantitative estimate of drug-likeness (QED) is 0.447. The lowest BCUT2D eigenvalue weighted by Gasteiger charge is -2.13. The van der Waals surface area contributed by atoms with E-state index in [0.717, 1.165) is 27.5 Å². The number of amides is 1. The summed E-state index contributed by atoms with van der Waals surface area (Å²) in [4.78, 5) is 17.0. The number of hydrogen-bond acceptors (Lipinski definition) is 3. The van der Waals surface area contributed by atoms with E-state index in [4.69, 9.17) is 27.9 Å². The fourth-order valence-corrected chi connectivity index (χ4v) is 3.66. The molecule has 0 bridgehead atoms. The molecule has 0 spiro atoms. The molecule has 0 atom stereocenters. The molecule has 28 heavy (non-hydrogen) atoms. The summed E-state index contributed by atoms with van der Waals surface area (Å²) in [5, 5.41) is 6.43. The Morgan fingerprint density at radius 1 is 1.00 bits per heavy atom. The first-order chi connectivity index (χ1) is 13.5. The molecule has 0 aliphatic carbocycles. The fraction of sp³-hybridized carbons (Fsp3) is 0.0909. The number of fused-ring (bicyclic) bond motifs is 2. The third-order valence-electron chi connectivity index (χ3n) is 4.39. The van der Waals surface area contributed by atoms with E-state index in [1.54, 1.807) is 6.07 Å². The largest absolute Gasteiger partial charge is 0.480 e. The van der Waals surface area contributed by atoms with E-state index in [9.17, 15) is 4.79 Å². The van der Waals surface area contributed by atoms with Gasteiger partial charge in [-0.1, -0.05) is 59.6 Å². The second-order valence-corrected chi connectivity index (χ2v) is 7.20. The van der Waals surface area contributed by atoms with Gasteiger partial charge in [0.25, 0.3) is 5.91 Å². The zero-order chi connectivity index (χ0) is 19.7. The summed E-state index contributed by atoms with van der Waals surface area (Å²) in [5.41, 5.74) is 2.07. The average Bonchev–Trinajstić information content (AvgIpc) is 2.68. The number of nitrogens with zero attached hydrogens (tertiary/aromatic N) is 1. The van der Waals surface area contributed by atoms with Crippen molar-refractivity contribution in [1.29, 1.82) is 0 Å². The Hall–Kier alpha value is -2.82. The Balaban J connectivity index is 1.58. The Labute approximate surface area is 172 Å². The van der Waals surface area contributed by atoms with Crippen LogP contribution in [-0.4, -0.2) is 17.5 Å². The van der Waals surface area contributed by atoms with Crippen molar-refractivity contribution in [3.05, 3.63) is 76.4 Å². The standard InChI is InChI=1S/C22H16Cl2N2O2/c1-13-9-10-16-17(23)11-18(24)22(21(16)25-13)28-12-20(27)26-19-8-4-6-14-5-2-3-7-15(14)19/h2-11H,12H2,1H3,(H,26,27). The molecule has 1 amide bonds. The maximum atomic E-state index is 12.5. The minimum atomic E-state index is -0.289. The van der Waals surface area contributed by atoms with E-state index >= 15 is 0 Å². The first-order valence-corrected chi connectivity index (χ1v) is 9.44. The maximum absolute atomic E-state index is 12.5. The van der Waals surface area contributed by atoms with E-state index in [-0.39, 0.29) is 12.5 Å². The molecule has 6 heteroatoms. The van der Waals surface area contributed by atoms with Crippen LogP contribution in [0.1, 0.15) is 5.69 Å². The second-order valence-electron chi connectivity index (χ2n) is 6.38. The Morgan fingerprint density at radius 3 is 2.64 bits per heavy atom. The number of carbonyl (C=O) groups is 1. The molecular formula is C22H16Cl2N2O2. The molecule has 4 aromatic rings. The minimum Gasteiger partial charge on any atom is -0.480 e. The third kappa shape index (κ3) is 3.61. The van der Waals surface area contributed by atoms with Gasteiger partial charge in [-0.15, -0.1) is 0 Å². The van der Waals surface area contributed by atoms with Gasteiger partial charge in [-0.3, -0.25) is 4.79 Å². The predicted octanol–water partition coefficient (Wildman–Crippen LogP) is 6.02. The number of aryl methyl sites for hydroxylation is 1. The number of benzene rings is 3. The van der Waals surface area contributed by atoms with Crippen molar-refractivity contribution < 1.29 is 9.53 Å². The van der Waals surface area contributed by atoms with Gasteiger partial charge in [0.2, 0.25) is 0 Å². The summed E-state index contributed by atoms with van der Waals surface area (Å²) in [6.45, 7) is 1.67. The first-order valence-electron chi connectivity index (χ1n) is 8.69. The van der Waals surface area contributed by atoms with Crippen LogP contribution >= 0.6 is 23.2 Å². The topological polar surface area (TPSA) is 51.2 Å². The van der Waals surface area contributed by atoms with Crippen LogP contribution in [0.2, 0.25) is 10.0 Å². The average molecular weight is 411 g/mol. The number of anilines is 1. The van der Waals surface area contributed by atoms with Crippen LogP contribution in [-0.2, 0) is 4.79 Å². The number of hydrogen-bond donors (Lipinski definition) is 1. The summed E-state index contributed by atoms with van der Waals surface area (Å²) < 4.78 is 5.74. The number of aromatic nitrogens is 1. The van der Waals surface area contributed by atoms with Gasteiger partial charge in [0.1, 0.15) is 5.52 Å². The third-order valence-corrected chi connectivity index (χ3v) is 4.98. The smallest absolute Gasteiger partial charge is 0.262 e. The summed E-state index contributed by atoms with van der Waals surface area (Å²) in [7, 11) is 0. The highest BCUT2D eigenvalue weighted by molar-refractivity contribution is 6.39. The summed E-state index contributed by atoms with van der Waals surface area (Å²) in [5.74, 6) is 0.0565. The molecule has 0 aliphatic rings. The van der Waals surface area contributed by atoms with Crippen LogP contribution in [0.3, 0.4) is 0 Å². The van der Waals surface area contributed by atoms with E-state index < -0.39 is 0 Å². The van der Waals surface area contributed by atoms with E-state index in [1.807, 2.05) is 61.5 Å². The molecule has 0 saturated heterocycles. The predicted molar refractivity (Wildman–Crippen MR) is 115 cm³/mol. The number of pyridine rings is 1. The molecule has 4 rings (SSSR count). The number of rotatable bonds is 4. The van der Waals surface area contributed by atoms with Gasteiger partial charge >= 0.3 is 0 Å². The van der Waals surface area contributed by atoms with E-state index in [2.05, 4.69) is 10.3 Å². The number of carbonyl (C=O) groups excluding carboxylic acids is 1. The van der Waals surface area contributed by atoms with Gasteiger partial charge < -0.3 is 10.1 Å². The van der Waals surface area contributed by atoms with Crippen molar-refractivity contribution in [3.63, 3.8) is 0 Å². The van der Waals surface area contributed by atoms with Crippen molar-refractivity contribution in [3.8, 4) is 5.75 Å². The first kappa shape index (κ1) is 18.5. The fourth-order valence-electron chi connectivity index (χ4n) is 3.09. The van der Waals surface area contributed by atoms with Gasteiger partial charge in [0.15, 0.2) is 12.4 Å². The zero-order valence-corrected chi connectivity index (χ0v) is 16.5. The molecule has 0 fully saturated rings. The molecule has 1 heterocycles. The summed E-state index contributed by atoms with van der Waals surface area (Å²) in [6.07, 6.45) is 0. The molecule has 0 radical (unpaired) electrons. The molecule has 140 valence electrons. The second kappa shape index (κ2) is 7.66. The van der Waals surface area contributed by atoms with Crippen LogP contribution in [0, 0.1) is 6.92 Å². The molecule has 4 nitrogen and oxygen atoms in total. The van der Waals surface area contributed by atoms with Crippen LogP contribution in [0.4, 0.5) is 5.69 Å². The highest BCUT2D eigenvalue weighted by Gasteiger charge is 2.15. The van der Waals surface area contributed by atoms with Crippen LogP contribution in [0.5, 0.6) is 5.75 Å². The Bertz CT molecular complexity index is 1200. The SMILES string of the molecule is Cc1ccc2c(Cl)cc(Cl)c(OCC(=O)Nc3cccc4ccccc34)c2n1. The van der Waals surface area contributed by atoms with Crippen LogP contribution in [0.15, 0.2) is 60.7 Å². The summed E-state index contributed by atoms with van der Waals surface area (Å²) >= 11 is 12.6. The molecule has 0 aliphatic heterocycles. The zero-order valence-electron chi connectivity index (χ0n) is 15.0. The summed E-state index contributed by atoms with van der Waals surface area (Å²) in [6, 6.07) is 18.9. The van der Waals surface area contributed by atoms with Crippen molar-refractivity contribution in [2.45, 2.75) is 6.92 Å². The van der Waals surface area contributed by atoms with Gasteiger partial charge in [0.05, 0.1) is 10.0 Å². The lowest BCUT2D eigenvalue weighted by atomic mass is 10.1. The van der Waals surface area contributed by atoms with Crippen molar-refractivity contribution in [2.24, 2.45) is 0 Å².